The molecule has 0 unspecified atom stereocenters. The number of rotatable bonds is 6. The highest BCUT2D eigenvalue weighted by Crippen LogP contribution is 2.28. The molecule has 19 heavy (non-hydrogen) atoms. The minimum absolute atomic E-state index is 0.0607. The van der Waals surface area contributed by atoms with E-state index in [4.69, 9.17) is 4.74 Å². The summed E-state index contributed by atoms with van der Waals surface area (Å²) < 4.78 is 5.04. The lowest BCUT2D eigenvalue weighted by Gasteiger charge is -2.18. The molecule has 5 nitrogen and oxygen atoms in total. The van der Waals surface area contributed by atoms with E-state index >= 15 is 0 Å². The van der Waals surface area contributed by atoms with Crippen LogP contribution in [-0.2, 0) is 4.79 Å². The molecule has 0 aliphatic heterocycles. The first-order valence-electron chi connectivity index (χ1n) is 6.22. The highest BCUT2D eigenvalue weighted by molar-refractivity contribution is 6.10. The molecule has 0 bridgehead atoms. The van der Waals surface area contributed by atoms with Gasteiger partial charge in [0.25, 0.3) is 0 Å². The summed E-state index contributed by atoms with van der Waals surface area (Å²) in [6.45, 7) is 4.82. The smallest absolute Gasteiger partial charge is 0.230 e. The van der Waals surface area contributed by atoms with Gasteiger partial charge in [0.1, 0.15) is 17.1 Å². The van der Waals surface area contributed by atoms with Gasteiger partial charge in [-0.1, -0.05) is 6.07 Å². The van der Waals surface area contributed by atoms with Crippen LogP contribution in [0.1, 0.15) is 30.6 Å². The number of ether oxygens (including phenoxy) is 1. The lowest BCUT2D eigenvalue weighted by Crippen LogP contribution is -2.32. The molecule has 1 aromatic carbocycles. The second-order valence-electron chi connectivity index (χ2n) is 4.02. The van der Waals surface area contributed by atoms with Gasteiger partial charge in [-0.3, -0.25) is 9.59 Å². The van der Waals surface area contributed by atoms with E-state index in [2.05, 4.69) is 0 Å². The zero-order valence-electron chi connectivity index (χ0n) is 11.5. The molecule has 0 aliphatic carbocycles. The number of benzene rings is 1. The zero-order valence-corrected chi connectivity index (χ0v) is 11.5. The molecule has 1 rings (SSSR count). The van der Waals surface area contributed by atoms with Crippen molar-refractivity contribution in [2.24, 2.45) is 0 Å². The number of phenolic OH excluding ortho intramolecular Hbond substituents is 1. The van der Waals surface area contributed by atoms with E-state index < -0.39 is 5.78 Å². The van der Waals surface area contributed by atoms with Crippen LogP contribution in [-0.4, -0.2) is 41.9 Å². The van der Waals surface area contributed by atoms with Crippen LogP contribution >= 0.6 is 0 Å². The van der Waals surface area contributed by atoms with Crippen LogP contribution in [0.5, 0.6) is 11.5 Å². The molecule has 5 heteroatoms. The lowest BCUT2D eigenvalue weighted by molar-refractivity contribution is -0.129. The van der Waals surface area contributed by atoms with Crippen molar-refractivity contribution in [3.63, 3.8) is 0 Å². The topological polar surface area (TPSA) is 66.8 Å². The van der Waals surface area contributed by atoms with Gasteiger partial charge in [0.2, 0.25) is 5.91 Å². The summed E-state index contributed by atoms with van der Waals surface area (Å²) in [5.74, 6) is -0.582. The monoisotopic (exact) mass is 265 g/mol. The first-order chi connectivity index (χ1) is 9.04. The third kappa shape index (κ3) is 3.47. The van der Waals surface area contributed by atoms with Crippen LogP contribution in [0.15, 0.2) is 18.2 Å². The van der Waals surface area contributed by atoms with Gasteiger partial charge in [-0.25, -0.2) is 0 Å². The molecule has 0 atom stereocenters. The fourth-order valence-corrected chi connectivity index (χ4v) is 1.88. The normalized spacial score (nSPS) is 10.1. The van der Waals surface area contributed by atoms with Crippen molar-refractivity contribution in [3.05, 3.63) is 23.8 Å². The van der Waals surface area contributed by atoms with E-state index in [0.717, 1.165) is 0 Å². The number of methoxy groups -OCH3 is 1. The number of carbonyl (C=O) groups is 2. The number of phenols is 1. The van der Waals surface area contributed by atoms with Crippen LogP contribution in [0, 0.1) is 0 Å². The molecule has 1 N–H and O–H groups in total. The Morgan fingerprint density at radius 1 is 1.26 bits per heavy atom. The second kappa shape index (κ2) is 6.78. The summed E-state index contributed by atoms with van der Waals surface area (Å²) in [5.41, 5.74) is 0.0607. The van der Waals surface area contributed by atoms with Crippen molar-refractivity contribution in [1.82, 2.24) is 4.90 Å². The molecular weight excluding hydrogens is 246 g/mol. The molecule has 0 aromatic heterocycles. The number of nitrogens with zero attached hydrogens (tertiary/aromatic N) is 1. The van der Waals surface area contributed by atoms with Crippen molar-refractivity contribution >= 4 is 11.7 Å². The number of carbonyl (C=O) groups excluding carboxylic acids is 2. The molecule has 0 spiro atoms. The van der Waals surface area contributed by atoms with Crippen LogP contribution in [0.3, 0.4) is 0 Å². The van der Waals surface area contributed by atoms with Gasteiger partial charge in [-0.15, -0.1) is 0 Å². The van der Waals surface area contributed by atoms with Crippen LogP contribution in [0.2, 0.25) is 0 Å². The third-order valence-electron chi connectivity index (χ3n) is 2.93. The molecule has 1 aromatic rings. The fourth-order valence-electron chi connectivity index (χ4n) is 1.88. The molecule has 0 saturated heterocycles. The van der Waals surface area contributed by atoms with Gasteiger partial charge in [0.05, 0.1) is 13.5 Å². The molecule has 104 valence electrons. The Kier molecular flexibility index (Phi) is 5.36. The average Bonchev–Trinajstić information content (AvgIpc) is 2.39. The summed E-state index contributed by atoms with van der Waals surface area (Å²) in [7, 11) is 1.41. The molecule has 0 saturated carbocycles. The number of Topliss-reactive ketones (excluding diaryl/α,β-unsaturated/α-hetero) is 1. The summed E-state index contributed by atoms with van der Waals surface area (Å²) in [6.07, 6.45) is -0.268. The number of amides is 1. The Labute approximate surface area is 112 Å². The van der Waals surface area contributed by atoms with Crippen LogP contribution < -0.4 is 4.74 Å². The molecule has 0 radical (unpaired) electrons. The van der Waals surface area contributed by atoms with E-state index in [0.29, 0.717) is 13.1 Å². The maximum absolute atomic E-state index is 12.1. The third-order valence-corrected chi connectivity index (χ3v) is 2.93. The standard InChI is InChI=1S/C14H19NO4/c1-4-15(5-2)13(18)9-11(17)14-10(16)7-6-8-12(14)19-3/h6-8,16H,4-5,9H2,1-3H3. The predicted molar refractivity (Wildman–Crippen MR) is 71.5 cm³/mol. The van der Waals surface area contributed by atoms with E-state index in [1.165, 1.54) is 13.2 Å². The first kappa shape index (κ1) is 15.0. The number of hydrogen-bond acceptors (Lipinski definition) is 4. The molecule has 0 aliphatic rings. The van der Waals surface area contributed by atoms with E-state index in [1.807, 2.05) is 13.8 Å². The minimum Gasteiger partial charge on any atom is -0.507 e. The Bertz CT molecular complexity index is 467. The number of hydrogen-bond donors (Lipinski definition) is 1. The highest BCUT2D eigenvalue weighted by atomic mass is 16.5. The lowest BCUT2D eigenvalue weighted by atomic mass is 10.1. The van der Waals surface area contributed by atoms with Gasteiger partial charge in [0.15, 0.2) is 5.78 Å². The maximum Gasteiger partial charge on any atom is 0.230 e. The number of aromatic hydroxyl groups is 1. The van der Waals surface area contributed by atoms with Gasteiger partial charge in [-0.05, 0) is 26.0 Å². The minimum atomic E-state index is -0.438. The van der Waals surface area contributed by atoms with Crippen molar-refractivity contribution in [1.29, 1.82) is 0 Å². The summed E-state index contributed by atoms with van der Waals surface area (Å²) in [5, 5.41) is 9.73. The SMILES string of the molecule is CCN(CC)C(=O)CC(=O)c1c(O)cccc1OC. The van der Waals surface area contributed by atoms with Crippen LogP contribution in [0.4, 0.5) is 0 Å². The zero-order chi connectivity index (χ0) is 14.4. The van der Waals surface area contributed by atoms with Gasteiger partial charge in [0, 0.05) is 13.1 Å². The summed E-state index contributed by atoms with van der Waals surface area (Å²) in [4.78, 5) is 25.6. The van der Waals surface area contributed by atoms with Gasteiger partial charge < -0.3 is 14.7 Å². The Morgan fingerprint density at radius 3 is 2.42 bits per heavy atom. The average molecular weight is 265 g/mol. The molecule has 0 heterocycles. The van der Waals surface area contributed by atoms with Gasteiger partial charge >= 0.3 is 0 Å². The largest absolute Gasteiger partial charge is 0.507 e. The summed E-state index contributed by atoms with van der Waals surface area (Å²) >= 11 is 0. The number of ketones is 1. The van der Waals surface area contributed by atoms with E-state index in [9.17, 15) is 14.7 Å². The van der Waals surface area contributed by atoms with Gasteiger partial charge in [-0.2, -0.15) is 0 Å². The van der Waals surface area contributed by atoms with Crippen LogP contribution in [0.25, 0.3) is 0 Å². The Balaban J connectivity index is 2.93. The first-order valence-corrected chi connectivity index (χ1v) is 6.22. The van der Waals surface area contributed by atoms with Crippen molar-refractivity contribution in [2.75, 3.05) is 20.2 Å². The molecule has 1 amide bonds. The molecular formula is C14H19NO4. The second-order valence-corrected chi connectivity index (χ2v) is 4.02. The Morgan fingerprint density at radius 2 is 1.89 bits per heavy atom. The maximum atomic E-state index is 12.1. The van der Waals surface area contributed by atoms with Crippen molar-refractivity contribution in [3.8, 4) is 11.5 Å². The molecule has 0 fully saturated rings. The Hall–Kier alpha value is -2.04. The predicted octanol–water partition coefficient (Wildman–Crippen LogP) is 1.84. The quantitative estimate of drug-likeness (QED) is 0.629. The van der Waals surface area contributed by atoms with Crippen molar-refractivity contribution < 1.29 is 19.4 Å². The van der Waals surface area contributed by atoms with Crippen molar-refractivity contribution in [2.45, 2.75) is 20.3 Å². The van der Waals surface area contributed by atoms with E-state index in [1.54, 1.807) is 17.0 Å². The van der Waals surface area contributed by atoms with E-state index in [-0.39, 0.29) is 29.4 Å². The highest BCUT2D eigenvalue weighted by Gasteiger charge is 2.21. The fraction of sp³-hybridized carbons (Fsp3) is 0.429. The summed E-state index contributed by atoms with van der Waals surface area (Å²) in [6, 6.07) is 4.56.